The summed E-state index contributed by atoms with van der Waals surface area (Å²) >= 11 is 0. The fourth-order valence-electron chi connectivity index (χ4n) is 1.52. The molecule has 2 rings (SSSR count). The van der Waals surface area contributed by atoms with E-state index < -0.39 is 33.2 Å². The van der Waals surface area contributed by atoms with Crippen LogP contribution in [0.3, 0.4) is 0 Å². The van der Waals surface area contributed by atoms with E-state index in [-0.39, 0.29) is 10.7 Å². The van der Waals surface area contributed by atoms with E-state index in [9.17, 15) is 21.6 Å². The Bertz CT molecular complexity index is 781. The maximum atomic E-state index is 13.5. The van der Waals surface area contributed by atoms with Crippen LogP contribution in [-0.2, 0) is 10.0 Å². The third-order valence-electron chi connectivity index (χ3n) is 2.58. The highest BCUT2D eigenvalue weighted by Crippen LogP contribution is 2.23. The average molecular weight is 317 g/mol. The molecule has 112 valence electrons. The van der Waals surface area contributed by atoms with Gasteiger partial charge in [-0.25, -0.2) is 26.6 Å². The van der Waals surface area contributed by atoms with Gasteiger partial charge < -0.3 is 5.32 Å². The van der Waals surface area contributed by atoms with Crippen molar-refractivity contribution in [3.8, 4) is 0 Å². The van der Waals surface area contributed by atoms with Gasteiger partial charge in [-0.05, 0) is 18.2 Å². The van der Waals surface area contributed by atoms with Crippen LogP contribution in [0, 0.1) is 17.5 Å². The molecule has 5 nitrogen and oxygen atoms in total. The summed E-state index contributed by atoms with van der Waals surface area (Å²) in [5.41, 5.74) is -0.684. The molecule has 1 aromatic heterocycles. The number of nitrogens with zero attached hydrogens (tertiary/aromatic N) is 1. The van der Waals surface area contributed by atoms with Gasteiger partial charge in [-0.1, -0.05) is 0 Å². The number of sulfonamides is 1. The predicted molar refractivity (Wildman–Crippen MR) is 70.9 cm³/mol. The van der Waals surface area contributed by atoms with Crippen LogP contribution in [0.4, 0.5) is 24.7 Å². The van der Waals surface area contributed by atoms with E-state index in [2.05, 4.69) is 10.3 Å². The van der Waals surface area contributed by atoms with Crippen molar-refractivity contribution < 1.29 is 21.6 Å². The van der Waals surface area contributed by atoms with Crippen molar-refractivity contribution in [2.75, 3.05) is 17.1 Å². The lowest BCUT2D eigenvalue weighted by Gasteiger charge is -2.10. The third-order valence-corrected chi connectivity index (χ3v) is 3.94. The molecule has 0 fully saturated rings. The molecule has 2 aromatic rings. The summed E-state index contributed by atoms with van der Waals surface area (Å²) in [6, 6.07) is 3.81. The molecule has 0 saturated carbocycles. The SMILES string of the molecule is CNc1cc(S(=O)(=O)Nc2ccc(F)c(F)c2F)ccn1. The molecule has 0 saturated heterocycles. The first-order valence-corrected chi connectivity index (χ1v) is 7.13. The van der Waals surface area contributed by atoms with Crippen molar-refractivity contribution in [1.82, 2.24) is 4.98 Å². The molecule has 1 aromatic carbocycles. The molecule has 9 heteroatoms. The summed E-state index contributed by atoms with van der Waals surface area (Å²) in [6.07, 6.45) is 1.24. The lowest BCUT2D eigenvalue weighted by molar-refractivity contribution is 0.449. The van der Waals surface area contributed by atoms with E-state index in [1.807, 2.05) is 4.72 Å². The lowest BCUT2D eigenvalue weighted by atomic mass is 10.3. The second-order valence-corrected chi connectivity index (χ2v) is 5.64. The Hall–Kier alpha value is -2.29. The zero-order valence-electron chi connectivity index (χ0n) is 10.7. The summed E-state index contributed by atoms with van der Waals surface area (Å²) in [7, 11) is -2.61. The van der Waals surface area contributed by atoms with Gasteiger partial charge in [0.1, 0.15) is 5.82 Å². The highest BCUT2D eigenvalue weighted by atomic mass is 32.2. The highest BCUT2D eigenvalue weighted by Gasteiger charge is 2.20. The number of hydrogen-bond donors (Lipinski definition) is 2. The van der Waals surface area contributed by atoms with Crippen LogP contribution in [0.2, 0.25) is 0 Å². The molecule has 0 amide bonds. The number of benzene rings is 1. The number of hydrogen-bond acceptors (Lipinski definition) is 4. The van der Waals surface area contributed by atoms with E-state index in [0.717, 1.165) is 6.07 Å². The minimum Gasteiger partial charge on any atom is -0.373 e. The first kappa shape index (κ1) is 15.1. The Morgan fingerprint density at radius 2 is 1.81 bits per heavy atom. The summed E-state index contributed by atoms with van der Waals surface area (Å²) < 4.78 is 65.4. The van der Waals surface area contributed by atoms with Gasteiger partial charge in [-0.15, -0.1) is 0 Å². The molecule has 21 heavy (non-hydrogen) atoms. The monoisotopic (exact) mass is 317 g/mol. The average Bonchev–Trinajstić information content (AvgIpc) is 2.48. The van der Waals surface area contributed by atoms with Gasteiger partial charge in [0, 0.05) is 19.3 Å². The van der Waals surface area contributed by atoms with Crippen LogP contribution >= 0.6 is 0 Å². The lowest BCUT2D eigenvalue weighted by Crippen LogP contribution is -2.15. The van der Waals surface area contributed by atoms with Gasteiger partial charge in [-0.2, -0.15) is 0 Å². The summed E-state index contributed by atoms with van der Waals surface area (Å²) in [5.74, 6) is -4.48. The molecule has 0 bridgehead atoms. The standard InChI is InChI=1S/C12H10F3N3O2S/c1-16-10-6-7(4-5-17-10)21(19,20)18-9-3-2-8(13)11(14)12(9)15/h2-6,18H,1H3,(H,16,17). The fourth-order valence-corrected chi connectivity index (χ4v) is 2.60. The molecule has 2 N–H and O–H groups in total. The molecule has 0 aliphatic rings. The van der Waals surface area contributed by atoms with Crippen molar-refractivity contribution in [2.24, 2.45) is 0 Å². The first-order chi connectivity index (χ1) is 9.85. The predicted octanol–water partition coefficient (Wildman–Crippen LogP) is 2.34. The summed E-state index contributed by atoms with van der Waals surface area (Å²) in [6.45, 7) is 0. The smallest absolute Gasteiger partial charge is 0.262 e. The Morgan fingerprint density at radius 1 is 1.10 bits per heavy atom. The van der Waals surface area contributed by atoms with Gasteiger partial charge in [0.05, 0.1) is 10.6 Å². The molecular weight excluding hydrogens is 307 g/mol. The maximum Gasteiger partial charge on any atom is 0.262 e. The van der Waals surface area contributed by atoms with E-state index in [0.29, 0.717) is 6.07 Å². The molecule has 0 spiro atoms. The molecule has 0 atom stereocenters. The quantitative estimate of drug-likeness (QED) is 0.849. The van der Waals surface area contributed by atoms with Crippen LogP contribution in [0.15, 0.2) is 35.4 Å². The van der Waals surface area contributed by atoms with Gasteiger partial charge >= 0.3 is 0 Å². The van der Waals surface area contributed by atoms with Crippen molar-refractivity contribution in [1.29, 1.82) is 0 Å². The molecule has 0 aliphatic heterocycles. The van der Waals surface area contributed by atoms with Crippen LogP contribution in [0.25, 0.3) is 0 Å². The minimum absolute atomic E-state index is 0.203. The number of anilines is 2. The van der Waals surface area contributed by atoms with Crippen molar-refractivity contribution in [3.05, 3.63) is 47.9 Å². The minimum atomic E-state index is -4.16. The van der Waals surface area contributed by atoms with Crippen LogP contribution in [0.1, 0.15) is 0 Å². The Balaban J connectivity index is 2.40. The summed E-state index contributed by atoms with van der Waals surface area (Å²) in [4.78, 5) is 3.63. The van der Waals surface area contributed by atoms with Crippen LogP contribution in [0.5, 0.6) is 0 Å². The largest absolute Gasteiger partial charge is 0.373 e. The van der Waals surface area contributed by atoms with Crippen molar-refractivity contribution in [3.63, 3.8) is 0 Å². The molecule has 0 radical (unpaired) electrons. The number of nitrogens with one attached hydrogen (secondary N) is 2. The molecule has 0 aliphatic carbocycles. The highest BCUT2D eigenvalue weighted by molar-refractivity contribution is 7.92. The fraction of sp³-hybridized carbons (Fsp3) is 0.0833. The number of pyridine rings is 1. The Kier molecular flexibility index (Phi) is 4.03. The third kappa shape index (κ3) is 3.07. The first-order valence-electron chi connectivity index (χ1n) is 5.65. The zero-order chi connectivity index (χ0) is 15.6. The molecule has 1 heterocycles. The van der Waals surface area contributed by atoms with Crippen molar-refractivity contribution >= 4 is 21.5 Å². The van der Waals surface area contributed by atoms with E-state index >= 15 is 0 Å². The van der Waals surface area contributed by atoms with E-state index in [4.69, 9.17) is 0 Å². The van der Waals surface area contributed by atoms with Gasteiger partial charge in [0.15, 0.2) is 17.5 Å². The number of rotatable bonds is 4. The zero-order valence-corrected chi connectivity index (χ0v) is 11.5. The maximum absolute atomic E-state index is 13.5. The van der Waals surface area contributed by atoms with Crippen molar-refractivity contribution in [2.45, 2.75) is 4.90 Å². The number of aromatic nitrogens is 1. The Morgan fingerprint density at radius 3 is 2.48 bits per heavy atom. The second-order valence-electron chi connectivity index (χ2n) is 3.96. The van der Waals surface area contributed by atoms with E-state index in [1.54, 1.807) is 7.05 Å². The molecule has 0 unspecified atom stereocenters. The summed E-state index contributed by atoms with van der Waals surface area (Å²) in [5, 5.41) is 2.64. The van der Waals surface area contributed by atoms with E-state index in [1.165, 1.54) is 18.3 Å². The Labute approximate surface area is 118 Å². The number of halogens is 3. The van der Waals surface area contributed by atoms with Gasteiger partial charge in [0.2, 0.25) is 0 Å². The second kappa shape index (κ2) is 5.60. The van der Waals surface area contributed by atoms with Gasteiger partial charge in [0.25, 0.3) is 10.0 Å². The normalized spacial score (nSPS) is 11.2. The topological polar surface area (TPSA) is 71.1 Å². The van der Waals surface area contributed by atoms with Crippen LogP contribution < -0.4 is 10.0 Å². The van der Waals surface area contributed by atoms with Gasteiger partial charge in [-0.3, -0.25) is 4.72 Å². The van der Waals surface area contributed by atoms with Crippen LogP contribution in [-0.4, -0.2) is 20.4 Å². The molecular formula is C12H10F3N3O2S.